The van der Waals surface area contributed by atoms with Crippen molar-refractivity contribution in [1.29, 1.82) is 0 Å². The Morgan fingerprint density at radius 3 is 2.91 bits per heavy atom. The van der Waals surface area contributed by atoms with E-state index in [2.05, 4.69) is 15.6 Å². The minimum atomic E-state index is -0.292. The maximum atomic E-state index is 12.8. The standard InChI is InChI=1S/C16H19FN4O2/c1-21-8-7-18-15(21)14-13(6-9-23-14)20-16(22)19-10-11-2-4-12(17)5-3-11/h2-5,7-8,13-14H,6,9-10H2,1H3,(H2,19,20,22)/t13-,14-/m0/s1. The molecule has 0 bridgehead atoms. The minimum absolute atomic E-state index is 0.121. The Morgan fingerprint density at radius 2 is 2.22 bits per heavy atom. The SMILES string of the molecule is Cn1ccnc1[C@H]1OCC[C@@H]1NC(=O)NCc1ccc(F)cc1. The highest BCUT2D eigenvalue weighted by molar-refractivity contribution is 5.74. The molecule has 122 valence electrons. The van der Waals surface area contributed by atoms with Crippen LogP contribution in [0, 0.1) is 5.82 Å². The van der Waals surface area contributed by atoms with E-state index in [0.717, 1.165) is 17.8 Å². The normalized spacial score (nSPS) is 20.4. The number of hydrogen-bond donors (Lipinski definition) is 2. The van der Waals surface area contributed by atoms with Crippen molar-refractivity contribution >= 4 is 6.03 Å². The number of imidazole rings is 1. The Kier molecular flexibility index (Phi) is 4.57. The number of ether oxygens (including phenoxy) is 1. The van der Waals surface area contributed by atoms with Crippen molar-refractivity contribution < 1.29 is 13.9 Å². The van der Waals surface area contributed by atoms with Gasteiger partial charge in [-0.15, -0.1) is 0 Å². The fraction of sp³-hybridized carbons (Fsp3) is 0.375. The third kappa shape index (κ3) is 3.68. The number of hydrogen-bond acceptors (Lipinski definition) is 3. The van der Waals surface area contributed by atoms with Crippen molar-refractivity contribution in [1.82, 2.24) is 20.2 Å². The summed E-state index contributed by atoms with van der Waals surface area (Å²) in [7, 11) is 1.90. The molecule has 1 aromatic carbocycles. The van der Waals surface area contributed by atoms with Crippen LogP contribution in [-0.4, -0.2) is 28.2 Å². The van der Waals surface area contributed by atoms with Gasteiger partial charge in [0.15, 0.2) is 0 Å². The van der Waals surface area contributed by atoms with Crippen LogP contribution in [0.25, 0.3) is 0 Å². The van der Waals surface area contributed by atoms with Crippen LogP contribution in [0.4, 0.5) is 9.18 Å². The Bertz CT molecular complexity index is 671. The summed E-state index contributed by atoms with van der Waals surface area (Å²) in [6.07, 6.45) is 4.05. The van der Waals surface area contributed by atoms with E-state index in [1.165, 1.54) is 12.1 Å². The summed E-state index contributed by atoms with van der Waals surface area (Å²) >= 11 is 0. The number of nitrogens with zero attached hydrogens (tertiary/aromatic N) is 2. The van der Waals surface area contributed by atoms with Crippen LogP contribution in [0.2, 0.25) is 0 Å². The van der Waals surface area contributed by atoms with Gasteiger partial charge in [-0.25, -0.2) is 14.2 Å². The zero-order valence-electron chi connectivity index (χ0n) is 12.8. The highest BCUT2D eigenvalue weighted by Gasteiger charge is 2.33. The van der Waals surface area contributed by atoms with E-state index >= 15 is 0 Å². The first-order chi connectivity index (χ1) is 11.1. The highest BCUT2D eigenvalue weighted by atomic mass is 19.1. The number of carbonyl (C=O) groups excluding carboxylic acids is 1. The molecule has 1 aromatic heterocycles. The Labute approximate surface area is 133 Å². The molecule has 1 aliphatic rings. The third-order valence-corrected chi connectivity index (χ3v) is 3.89. The van der Waals surface area contributed by atoms with Gasteiger partial charge in [-0.05, 0) is 24.1 Å². The van der Waals surface area contributed by atoms with Crippen molar-refractivity contribution in [2.75, 3.05) is 6.61 Å². The van der Waals surface area contributed by atoms with Crippen molar-refractivity contribution in [2.24, 2.45) is 7.05 Å². The molecule has 2 heterocycles. The van der Waals surface area contributed by atoms with E-state index in [1.807, 2.05) is 17.8 Å². The zero-order chi connectivity index (χ0) is 16.2. The summed E-state index contributed by atoms with van der Waals surface area (Å²) in [6, 6.07) is 5.64. The summed E-state index contributed by atoms with van der Waals surface area (Å²) < 4.78 is 20.4. The van der Waals surface area contributed by atoms with Gasteiger partial charge in [0.25, 0.3) is 0 Å². The molecular weight excluding hydrogens is 299 g/mol. The van der Waals surface area contributed by atoms with Gasteiger partial charge in [0.05, 0.1) is 6.04 Å². The number of halogens is 1. The molecule has 2 N–H and O–H groups in total. The Balaban J connectivity index is 1.54. The van der Waals surface area contributed by atoms with Gasteiger partial charge in [-0.1, -0.05) is 12.1 Å². The van der Waals surface area contributed by atoms with Crippen LogP contribution in [-0.2, 0) is 18.3 Å². The molecule has 3 rings (SSSR count). The predicted molar refractivity (Wildman–Crippen MR) is 82.1 cm³/mol. The second-order valence-electron chi connectivity index (χ2n) is 5.54. The lowest BCUT2D eigenvalue weighted by atomic mass is 10.1. The number of aryl methyl sites for hydroxylation is 1. The maximum absolute atomic E-state index is 12.8. The molecule has 2 aromatic rings. The summed E-state index contributed by atoms with van der Waals surface area (Å²) in [4.78, 5) is 16.3. The number of urea groups is 1. The van der Waals surface area contributed by atoms with E-state index in [9.17, 15) is 9.18 Å². The molecule has 0 aliphatic carbocycles. The van der Waals surface area contributed by atoms with E-state index in [-0.39, 0.29) is 24.0 Å². The molecule has 23 heavy (non-hydrogen) atoms. The van der Waals surface area contributed by atoms with Crippen molar-refractivity contribution in [3.63, 3.8) is 0 Å². The molecule has 0 spiro atoms. The number of carbonyl (C=O) groups is 1. The topological polar surface area (TPSA) is 68.2 Å². The van der Waals surface area contributed by atoms with Gasteiger partial charge in [-0.2, -0.15) is 0 Å². The third-order valence-electron chi connectivity index (χ3n) is 3.89. The maximum Gasteiger partial charge on any atom is 0.315 e. The predicted octanol–water partition coefficient (Wildman–Crippen LogP) is 1.89. The molecular formula is C16H19FN4O2. The van der Waals surface area contributed by atoms with E-state index < -0.39 is 0 Å². The van der Waals surface area contributed by atoms with Crippen LogP contribution in [0.1, 0.15) is 23.9 Å². The van der Waals surface area contributed by atoms with Gasteiger partial charge >= 0.3 is 6.03 Å². The quantitative estimate of drug-likeness (QED) is 0.904. The number of nitrogens with one attached hydrogen (secondary N) is 2. The van der Waals surface area contributed by atoms with Crippen LogP contribution >= 0.6 is 0 Å². The number of benzene rings is 1. The first kappa shape index (κ1) is 15.5. The molecule has 1 fully saturated rings. The van der Waals surface area contributed by atoms with Crippen LogP contribution in [0.15, 0.2) is 36.7 Å². The molecule has 7 heteroatoms. The van der Waals surface area contributed by atoms with Gasteiger partial charge < -0.3 is 19.9 Å². The summed E-state index contributed by atoms with van der Waals surface area (Å²) in [5, 5.41) is 5.69. The molecule has 1 saturated heterocycles. The van der Waals surface area contributed by atoms with Gasteiger partial charge in [-0.3, -0.25) is 0 Å². The molecule has 0 radical (unpaired) electrons. The van der Waals surface area contributed by atoms with Gasteiger partial charge in [0.2, 0.25) is 0 Å². The van der Waals surface area contributed by atoms with Crippen LogP contribution in [0.3, 0.4) is 0 Å². The first-order valence-electron chi connectivity index (χ1n) is 7.51. The van der Waals surface area contributed by atoms with E-state index in [0.29, 0.717) is 13.2 Å². The molecule has 1 aliphatic heterocycles. The van der Waals surface area contributed by atoms with Crippen LogP contribution < -0.4 is 10.6 Å². The van der Waals surface area contributed by atoms with Gasteiger partial charge in [0.1, 0.15) is 17.7 Å². The lowest BCUT2D eigenvalue weighted by molar-refractivity contribution is 0.0908. The smallest absolute Gasteiger partial charge is 0.315 e. The molecule has 2 atom stereocenters. The summed E-state index contributed by atoms with van der Waals surface area (Å²) in [5.41, 5.74) is 0.838. The van der Waals surface area contributed by atoms with Crippen molar-refractivity contribution in [3.8, 4) is 0 Å². The molecule has 0 saturated carbocycles. The van der Waals surface area contributed by atoms with Crippen molar-refractivity contribution in [3.05, 3.63) is 53.9 Å². The largest absolute Gasteiger partial charge is 0.368 e. The number of rotatable bonds is 4. The molecule has 6 nitrogen and oxygen atoms in total. The second kappa shape index (κ2) is 6.78. The number of amides is 2. The molecule has 0 unspecified atom stereocenters. The number of aromatic nitrogens is 2. The summed E-state index contributed by atoms with van der Waals surface area (Å²) in [6.45, 7) is 0.924. The van der Waals surface area contributed by atoms with E-state index in [4.69, 9.17) is 4.74 Å². The second-order valence-corrected chi connectivity index (χ2v) is 5.54. The first-order valence-corrected chi connectivity index (χ1v) is 7.51. The fourth-order valence-corrected chi connectivity index (χ4v) is 2.65. The molecule has 2 amide bonds. The lowest BCUT2D eigenvalue weighted by Crippen LogP contribution is -2.43. The zero-order valence-corrected chi connectivity index (χ0v) is 12.8. The lowest BCUT2D eigenvalue weighted by Gasteiger charge is -2.20. The average Bonchev–Trinajstić information content (AvgIpc) is 3.15. The van der Waals surface area contributed by atoms with Crippen LogP contribution in [0.5, 0.6) is 0 Å². The minimum Gasteiger partial charge on any atom is -0.368 e. The summed E-state index contributed by atoms with van der Waals surface area (Å²) in [5.74, 6) is 0.505. The van der Waals surface area contributed by atoms with Crippen molar-refractivity contribution in [2.45, 2.75) is 25.1 Å². The van der Waals surface area contributed by atoms with Gasteiger partial charge in [0, 0.05) is 32.6 Å². The fourth-order valence-electron chi connectivity index (χ4n) is 2.65. The average molecular weight is 318 g/mol. The Hall–Kier alpha value is -2.41. The van der Waals surface area contributed by atoms with E-state index in [1.54, 1.807) is 18.3 Å². The Morgan fingerprint density at radius 1 is 1.43 bits per heavy atom. The highest BCUT2D eigenvalue weighted by Crippen LogP contribution is 2.27. The monoisotopic (exact) mass is 318 g/mol.